The van der Waals surface area contributed by atoms with Gasteiger partial charge < -0.3 is 16.4 Å². The van der Waals surface area contributed by atoms with E-state index in [-0.39, 0.29) is 12.1 Å². The van der Waals surface area contributed by atoms with Gasteiger partial charge in [-0.2, -0.15) is 0 Å². The van der Waals surface area contributed by atoms with E-state index in [1.807, 2.05) is 30.3 Å². The lowest BCUT2D eigenvalue weighted by Gasteiger charge is -2.17. The third kappa shape index (κ3) is 5.68. The summed E-state index contributed by atoms with van der Waals surface area (Å²) < 4.78 is 0. The molecule has 0 bridgehead atoms. The summed E-state index contributed by atoms with van der Waals surface area (Å²) in [6.45, 7) is 3.25. The Kier molecular flexibility index (Phi) is 6.87. The Morgan fingerprint density at radius 3 is 2.67 bits per heavy atom. The Morgan fingerprint density at radius 1 is 1.33 bits per heavy atom. The third-order valence-electron chi connectivity index (χ3n) is 2.76. The molecule has 1 aromatic carbocycles. The predicted molar refractivity (Wildman–Crippen MR) is 74.4 cm³/mol. The van der Waals surface area contributed by atoms with Gasteiger partial charge in [-0.15, -0.1) is 0 Å². The average Bonchev–Trinajstić information content (AvgIpc) is 2.39. The van der Waals surface area contributed by atoms with Crippen molar-refractivity contribution in [1.82, 2.24) is 10.6 Å². The molecule has 1 aromatic rings. The van der Waals surface area contributed by atoms with Gasteiger partial charge in [-0.3, -0.25) is 0 Å². The van der Waals surface area contributed by atoms with Gasteiger partial charge in [0, 0.05) is 19.1 Å². The molecule has 0 aliphatic carbocycles. The van der Waals surface area contributed by atoms with Crippen LogP contribution in [0.3, 0.4) is 0 Å². The zero-order valence-electron chi connectivity index (χ0n) is 11.0. The monoisotopic (exact) mass is 249 g/mol. The minimum Gasteiger partial charge on any atom is -0.338 e. The lowest BCUT2D eigenvalue weighted by Crippen LogP contribution is -2.46. The number of hydrogen-bond acceptors (Lipinski definition) is 2. The number of hydrogen-bond donors (Lipinski definition) is 3. The zero-order valence-corrected chi connectivity index (χ0v) is 11.0. The van der Waals surface area contributed by atoms with Crippen molar-refractivity contribution in [2.24, 2.45) is 5.73 Å². The average molecular weight is 249 g/mol. The molecule has 1 rings (SSSR count). The zero-order chi connectivity index (χ0) is 13.2. The molecular weight excluding hydrogens is 226 g/mol. The van der Waals surface area contributed by atoms with E-state index in [4.69, 9.17) is 5.73 Å². The van der Waals surface area contributed by atoms with Gasteiger partial charge in [0.15, 0.2) is 0 Å². The fraction of sp³-hybridized carbons (Fsp3) is 0.500. The molecule has 0 saturated carbocycles. The molecule has 4 N–H and O–H groups in total. The molecule has 4 heteroatoms. The van der Waals surface area contributed by atoms with Gasteiger partial charge in [0.2, 0.25) is 0 Å². The first kappa shape index (κ1) is 14.5. The van der Waals surface area contributed by atoms with E-state index in [0.717, 1.165) is 19.3 Å². The summed E-state index contributed by atoms with van der Waals surface area (Å²) in [4.78, 5) is 11.6. The van der Waals surface area contributed by atoms with Gasteiger partial charge in [-0.05, 0) is 18.4 Å². The van der Waals surface area contributed by atoms with Crippen LogP contribution < -0.4 is 16.4 Å². The molecule has 0 aromatic heterocycles. The Balaban J connectivity index is 2.35. The molecule has 100 valence electrons. The second kappa shape index (κ2) is 8.53. The molecule has 4 nitrogen and oxygen atoms in total. The van der Waals surface area contributed by atoms with Crippen molar-refractivity contribution >= 4 is 6.03 Å². The summed E-state index contributed by atoms with van der Waals surface area (Å²) in [5, 5.41) is 5.73. The first-order chi connectivity index (χ1) is 8.76. The summed E-state index contributed by atoms with van der Waals surface area (Å²) in [5.41, 5.74) is 6.86. The molecule has 1 atom stereocenters. The van der Waals surface area contributed by atoms with Crippen LogP contribution in [0.15, 0.2) is 30.3 Å². The number of nitrogens with two attached hydrogens (primary N) is 1. The molecule has 0 heterocycles. The highest BCUT2D eigenvalue weighted by atomic mass is 16.2. The first-order valence-corrected chi connectivity index (χ1v) is 6.54. The van der Waals surface area contributed by atoms with Gasteiger partial charge in [-0.1, -0.05) is 43.7 Å². The molecule has 0 aliphatic rings. The summed E-state index contributed by atoms with van der Waals surface area (Å²) in [5.74, 6) is 0. The molecule has 0 radical (unpaired) electrons. The largest absolute Gasteiger partial charge is 0.338 e. The van der Waals surface area contributed by atoms with Crippen molar-refractivity contribution < 1.29 is 4.79 Å². The van der Waals surface area contributed by atoms with E-state index in [9.17, 15) is 4.79 Å². The maximum Gasteiger partial charge on any atom is 0.315 e. The van der Waals surface area contributed by atoms with Crippen LogP contribution in [-0.2, 0) is 6.42 Å². The first-order valence-electron chi connectivity index (χ1n) is 6.54. The van der Waals surface area contributed by atoms with Crippen LogP contribution in [0.5, 0.6) is 0 Å². The van der Waals surface area contributed by atoms with Gasteiger partial charge in [0.25, 0.3) is 0 Å². The Bertz CT molecular complexity index is 340. The molecule has 0 saturated heterocycles. The normalized spacial score (nSPS) is 11.9. The maximum absolute atomic E-state index is 11.6. The number of carbonyl (C=O) groups is 1. The van der Waals surface area contributed by atoms with Crippen LogP contribution in [0.25, 0.3) is 0 Å². The van der Waals surface area contributed by atoms with Gasteiger partial charge in [-0.25, -0.2) is 4.79 Å². The molecule has 0 spiro atoms. The molecule has 1 unspecified atom stereocenters. The van der Waals surface area contributed by atoms with Crippen LogP contribution >= 0.6 is 0 Å². The lowest BCUT2D eigenvalue weighted by atomic mass is 10.1. The van der Waals surface area contributed by atoms with E-state index < -0.39 is 0 Å². The minimum absolute atomic E-state index is 0.0194. The van der Waals surface area contributed by atoms with Crippen molar-refractivity contribution in [3.05, 3.63) is 35.9 Å². The minimum atomic E-state index is -0.130. The maximum atomic E-state index is 11.6. The number of urea groups is 1. The van der Waals surface area contributed by atoms with Gasteiger partial charge in [0.1, 0.15) is 0 Å². The smallest absolute Gasteiger partial charge is 0.315 e. The highest BCUT2D eigenvalue weighted by molar-refractivity contribution is 5.74. The van der Waals surface area contributed by atoms with Crippen LogP contribution in [0.2, 0.25) is 0 Å². The van der Waals surface area contributed by atoms with Crippen molar-refractivity contribution in [1.29, 1.82) is 0 Å². The molecule has 18 heavy (non-hydrogen) atoms. The SMILES string of the molecule is CCCCNC(=O)NC(CN)Cc1ccccc1. The number of rotatable bonds is 7. The number of unbranched alkanes of at least 4 members (excludes halogenated alkanes) is 1. The Hall–Kier alpha value is -1.55. The van der Waals surface area contributed by atoms with Crippen LogP contribution in [-0.4, -0.2) is 25.2 Å². The van der Waals surface area contributed by atoms with Crippen LogP contribution in [0, 0.1) is 0 Å². The quantitative estimate of drug-likeness (QED) is 0.643. The van der Waals surface area contributed by atoms with E-state index in [1.165, 1.54) is 5.56 Å². The molecule has 0 aliphatic heterocycles. The lowest BCUT2D eigenvalue weighted by molar-refractivity contribution is 0.237. The second-order valence-electron chi connectivity index (χ2n) is 4.38. The van der Waals surface area contributed by atoms with Crippen molar-refractivity contribution in [3.63, 3.8) is 0 Å². The van der Waals surface area contributed by atoms with Gasteiger partial charge >= 0.3 is 6.03 Å². The summed E-state index contributed by atoms with van der Waals surface area (Å²) in [6, 6.07) is 9.89. The van der Waals surface area contributed by atoms with E-state index in [1.54, 1.807) is 0 Å². The van der Waals surface area contributed by atoms with E-state index in [0.29, 0.717) is 13.1 Å². The molecular formula is C14H23N3O. The van der Waals surface area contributed by atoms with E-state index >= 15 is 0 Å². The van der Waals surface area contributed by atoms with Crippen molar-refractivity contribution in [2.75, 3.05) is 13.1 Å². The Morgan fingerprint density at radius 2 is 2.06 bits per heavy atom. The summed E-state index contributed by atoms with van der Waals surface area (Å²) >= 11 is 0. The number of amides is 2. The number of nitrogens with one attached hydrogen (secondary N) is 2. The highest BCUT2D eigenvalue weighted by Gasteiger charge is 2.10. The standard InChI is InChI=1S/C14H23N3O/c1-2-3-9-16-14(18)17-13(11-15)10-12-7-5-4-6-8-12/h4-8,13H,2-3,9-11,15H2,1H3,(H2,16,17,18). The van der Waals surface area contributed by atoms with Crippen LogP contribution in [0.1, 0.15) is 25.3 Å². The summed E-state index contributed by atoms with van der Waals surface area (Å²) in [7, 11) is 0. The van der Waals surface area contributed by atoms with Gasteiger partial charge in [0.05, 0.1) is 0 Å². The second-order valence-corrected chi connectivity index (χ2v) is 4.38. The predicted octanol–water partition coefficient (Wildman–Crippen LogP) is 1.66. The fourth-order valence-electron chi connectivity index (χ4n) is 1.71. The van der Waals surface area contributed by atoms with Crippen molar-refractivity contribution in [3.8, 4) is 0 Å². The molecule has 2 amide bonds. The third-order valence-corrected chi connectivity index (χ3v) is 2.76. The summed E-state index contributed by atoms with van der Waals surface area (Å²) in [6.07, 6.45) is 2.84. The van der Waals surface area contributed by atoms with Crippen LogP contribution in [0.4, 0.5) is 4.79 Å². The Labute approximate surface area is 109 Å². The van der Waals surface area contributed by atoms with Crippen molar-refractivity contribution in [2.45, 2.75) is 32.2 Å². The molecule has 0 fully saturated rings. The highest BCUT2D eigenvalue weighted by Crippen LogP contribution is 2.02. The number of benzene rings is 1. The van der Waals surface area contributed by atoms with E-state index in [2.05, 4.69) is 17.6 Å². The fourth-order valence-corrected chi connectivity index (χ4v) is 1.71. The number of carbonyl (C=O) groups excluding carboxylic acids is 1. The topological polar surface area (TPSA) is 67.2 Å².